The summed E-state index contributed by atoms with van der Waals surface area (Å²) in [7, 11) is 0. The minimum absolute atomic E-state index is 0.0787. The van der Waals surface area contributed by atoms with Gasteiger partial charge in [0.1, 0.15) is 23.4 Å². The Morgan fingerprint density at radius 1 is 0.769 bits per heavy atom. The predicted octanol–water partition coefficient (Wildman–Crippen LogP) is 4.60. The molecule has 7 aliphatic rings. The molecule has 8 nitrogen and oxygen atoms in total. The minimum atomic E-state index is -0.657. The van der Waals surface area contributed by atoms with E-state index in [0.717, 1.165) is 57.8 Å². The number of carbonyl (C=O) groups excluding carboxylic acids is 4. The van der Waals surface area contributed by atoms with Crippen LogP contribution in [0.3, 0.4) is 0 Å². The van der Waals surface area contributed by atoms with Crippen LogP contribution in [0.4, 0.5) is 0 Å². The Hall–Kier alpha value is -2.64. The van der Waals surface area contributed by atoms with Gasteiger partial charge in [0.05, 0.1) is 6.42 Å². The zero-order chi connectivity index (χ0) is 27.7. The number of fused-ring (bicyclic) bond motifs is 5. The van der Waals surface area contributed by atoms with E-state index in [4.69, 9.17) is 18.9 Å². The Labute approximate surface area is 229 Å². The van der Waals surface area contributed by atoms with Crippen LogP contribution in [0, 0.1) is 35.5 Å². The van der Waals surface area contributed by atoms with Gasteiger partial charge in [-0.15, -0.1) is 0 Å². The van der Waals surface area contributed by atoms with Gasteiger partial charge in [-0.25, -0.2) is 9.59 Å². The second kappa shape index (κ2) is 9.48. The SMILES string of the molecule is C=C(C)C(=O)OC1CCC2C3CC(CC3OC(=O)CC(=C)C(=O)OC34CC5CC(CC(OC(C)=O)(C5)C3)C4)C12. The minimum Gasteiger partial charge on any atom is -0.462 e. The van der Waals surface area contributed by atoms with Gasteiger partial charge in [0, 0.05) is 30.4 Å². The highest BCUT2D eigenvalue weighted by Gasteiger charge is 2.62. The van der Waals surface area contributed by atoms with Crippen molar-refractivity contribution >= 4 is 23.9 Å². The van der Waals surface area contributed by atoms with Crippen molar-refractivity contribution in [1.29, 1.82) is 0 Å². The summed E-state index contributed by atoms with van der Waals surface area (Å²) in [6.45, 7) is 10.7. The van der Waals surface area contributed by atoms with Crippen LogP contribution in [-0.4, -0.2) is 47.3 Å². The smallest absolute Gasteiger partial charge is 0.334 e. The molecule has 8 unspecified atom stereocenters. The summed E-state index contributed by atoms with van der Waals surface area (Å²) in [5.41, 5.74) is -0.682. The summed E-state index contributed by atoms with van der Waals surface area (Å²) >= 11 is 0. The Balaban J connectivity index is 1.02. The maximum atomic E-state index is 13.1. The molecule has 0 saturated heterocycles. The molecule has 6 bridgehead atoms. The number of ether oxygens (including phenoxy) is 4. The largest absolute Gasteiger partial charge is 0.462 e. The number of hydrogen-bond donors (Lipinski definition) is 0. The molecular weight excluding hydrogens is 500 g/mol. The van der Waals surface area contributed by atoms with E-state index < -0.39 is 23.1 Å². The van der Waals surface area contributed by atoms with Crippen molar-refractivity contribution in [2.75, 3.05) is 0 Å². The van der Waals surface area contributed by atoms with Gasteiger partial charge in [-0.2, -0.15) is 0 Å². The van der Waals surface area contributed by atoms with Crippen LogP contribution in [0.5, 0.6) is 0 Å². The van der Waals surface area contributed by atoms with E-state index in [-0.39, 0.29) is 42.1 Å². The summed E-state index contributed by atoms with van der Waals surface area (Å²) < 4.78 is 23.5. The fourth-order valence-corrected chi connectivity index (χ4v) is 9.88. The molecule has 0 aromatic rings. The summed E-state index contributed by atoms with van der Waals surface area (Å²) in [4.78, 5) is 49.8. The standard InChI is InChI=1S/C31H40O8/c1-16(2)28(34)37-24-6-5-22-23-9-21(27(22)24)10-25(23)36-26(33)7-17(3)29(35)39-31-13-19-8-20(14-31)12-30(11-19,15-31)38-18(4)32/h19-25,27H,1,3,5-15H2,2,4H3. The Kier molecular flexibility index (Phi) is 6.46. The van der Waals surface area contributed by atoms with E-state index in [1.807, 2.05) is 0 Å². The number of esters is 4. The van der Waals surface area contributed by atoms with Gasteiger partial charge >= 0.3 is 23.9 Å². The highest BCUT2D eigenvalue weighted by atomic mass is 16.6. The lowest BCUT2D eigenvalue weighted by molar-refractivity contribution is -0.228. The lowest BCUT2D eigenvalue weighted by atomic mass is 9.52. The summed E-state index contributed by atoms with van der Waals surface area (Å²) in [6.07, 6.45) is 7.90. The first-order valence-corrected chi connectivity index (χ1v) is 14.6. The van der Waals surface area contributed by atoms with Crippen LogP contribution >= 0.6 is 0 Å². The molecule has 212 valence electrons. The molecule has 7 rings (SSSR count). The van der Waals surface area contributed by atoms with Crippen LogP contribution in [0.15, 0.2) is 24.3 Å². The van der Waals surface area contributed by atoms with Crippen molar-refractivity contribution in [3.8, 4) is 0 Å². The normalized spacial score (nSPS) is 42.5. The van der Waals surface area contributed by atoms with Crippen LogP contribution in [0.1, 0.15) is 84.5 Å². The van der Waals surface area contributed by atoms with Crippen LogP contribution in [0.2, 0.25) is 0 Å². The van der Waals surface area contributed by atoms with Crippen molar-refractivity contribution in [2.45, 2.75) is 108 Å². The molecule has 0 aromatic carbocycles. The maximum Gasteiger partial charge on any atom is 0.334 e. The molecule has 0 N–H and O–H groups in total. The van der Waals surface area contributed by atoms with Crippen LogP contribution in [-0.2, 0) is 38.1 Å². The van der Waals surface area contributed by atoms with E-state index in [1.54, 1.807) is 6.92 Å². The second-order valence-corrected chi connectivity index (χ2v) is 13.6. The number of hydrogen-bond acceptors (Lipinski definition) is 8. The predicted molar refractivity (Wildman–Crippen MR) is 139 cm³/mol. The van der Waals surface area contributed by atoms with Gasteiger partial charge in [-0.3, -0.25) is 9.59 Å². The lowest BCUT2D eigenvalue weighted by Gasteiger charge is -2.60. The van der Waals surface area contributed by atoms with E-state index in [0.29, 0.717) is 41.6 Å². The molecule has 8 atom stereocenters. The molecule has 7 fully saturated rings. The summed E-state index contributed by atoms with van der Waals surface area (Å²) in [6, 6.07) is 0. The molecule has 39 heavy (non-hydrogen) atoms. The fraction of sp³-hybridized carbons (Fsp3) is 0.742. The molecule has 0 spiro atoms. The van der Waals surface area contributed by atoms with E-state index in [2.05, 4.69) is 13.2 Å². The molecular formula is C31H40O8. The highest BCUT2D eigenvalue weighted by Crippen LogP contribution is 2.61. The zero-order valence-corrected chi connectivity index (χ0v) is 23.1. The number of rotatable bonds is 8. The van der Waals surface area contributed by atoms with E-state index in [9.17, 15) is 19.2 Å². The van der Waals surface area contributed by atoms with Gasteiger partial charge < -0.3 is 18.9 Å². The maximum absolute atomic E-state index is 13.1. The topological polar surface area (TPSA) is 105 Å². The van der Waals surface area contributed by atoms with E-state index in [1.165, 1.54) is 6.92 Å². The molecule has 0 aromatic heterocycles. The zero-order valence-electron chi connectivity index (χ0n) is 23.1. The van der Waals surface area contributed by atoms with Crippen LogP contribution in [0.25, 0.3) is 0 Å². The van der Waals surface area contributed by atoms with Gasteiger partial charge in [0.15, 0.2) is 0 Å². The average molecular weight is 541 g/mol. The van der Waals surface area contributed by atoms with Gasteiger partial charge in [0.2, 0.25) is 0 Å². The second-order valence-electron chi connectivity index (χ2n) is 13.6. The Morgan fingerprint density at radius 2 is 1.44 bits per heavy atom. The first-order valence-electron chi connectivity index (χ1n) is 14.6. The van der Waals surface area contributed by atoms with Crippen molar-refractivity contribution in [2.24, 2.45) is 35.5 Å². The summed E-state index contributed by atoms with van der Waals surface area (Å²) in [5, 5.41) is 0. The first kappa shape index (κ1) is 26.6. The molecule has 0 radical (unpaired) electrons. The summed E-state index contributed by atoms with van der Waals surface area (Å²) in [5.74, 6) is 0.473. The third kappa shape index (κ3) is 4.82. The van der Waals surface area contributed by atoms with Crippen molar-refractivity contribution in [3.05, 3.63) is 24.3 Å². The van der Waals surface area contributed by atoms with Gasteiger partial charge in [0.25, 0.3) is 0 Å². The van der Waals surface area contributed by atoms with Crippen LogP contribution < -0.4 is 0 Å². The van der Waals surface area contributed by atoms with Crippen molar-refractivity contribution in [1.82, 2.24) is 0 Å². The highest BCUT2D eigenvalue weighted by molar-refractivity contribution is 5.93. The fourth-order valence-electron chi connectivity index (χ4n) is 9.88. The Morgan fingerprint density at radius 3 is 2.08 bits per heavy atom. The van der Waals surface area contributed by atoms with Gasteiger partial charge in [-0.1, -0.05) is 13.2 Å². The third-order valence-electron chi connectivity index (χ3n) is 10.5. The molecule has 7 aliphatic carbocycles. The van der Waals surface area contributed by atoms with E-state index >= 15 is 0 Å². The monoisotopic (exact) mass is 540 g/mol. The lowest BCUT2D eigenvalue weighted by Crippen LogP contribution is -2.61. The van der Waals surface area contributed by atoms with Gasteiger partial charge in [-0.05, 0) is 94.3 Å². The molecule has 8 heteroatoms. The third-order valence-corrected chi connectivity index (χ3v) is 10.5. The molecule has 0 heterocycles. The molecule has 7 saturated carbocycles. The quantitative estimate of drug-likeness (QED) is 0.250. The Bertz CT molecular complexity index is 1110. The molecule has 0 amide bonds. The van der Waals surface area contributed by atoms with Crippen molar-refractivity contribution in [3.63, 3.8) is 0 Å². The van der Waals surface area contributed by atoms with Crippen molar-refractivity contribution < 1.29 is 38.1 Å². The molecule has 0 aliphatic heterocycles. The average Bonchev–Trinajstić information content (AvgIpc) is 3.50. The number of carbonyl (C=O) groups is 4. The first-order chi connectivity index (χ1) is 18.4.